The van der Waals surface area contributed by atoms with E-state index in [0.29, 0.717) is 12.4 Å². The van der Waals surface area contributed by atoms with Gasteiger partial charge in [-0.15, -0.1) is 0 Å². The molecule has 0 aliphatic carbocycles. The molecule has 2 heterocycles. The molecule has 2 aromatic heterocycles. The fraction of sp³-hybridized carbons (Fsp3) is 0.417. The minimum atomic E-state index is -0.395. The summed E-state index contributed by atoms with van der Waals surface area (Å²) in [4.78, 5) is 15.5. The third-order valence-corrected chi connectivity index (χ3v) is 2.61. The third-order valence-electron chi connectivity index (χ3n) is 2.61. The Kier molecular flexibility index (Phi) is 3.69. The lowest BCUT2D eigenvalue weighted by Gasteiger charge is -2.03. The maximum atomic E-state index is 11.5. The van der Waals surface area contributed by atoms with E-state index in [1.807, 2.05) is 12.1 Å². The second-order valence-electron chi connectivity index (χ2n) is 3.87. The standard InChI is InChI=1S/C12H15N3O2/c1-2-3-4-9-15-11(14-17-12(15)16)10-5-7-13-8-6-10/h5-8H,2-4,9H2,1H3. The normalized spacial score (nSPS) is 10.6. The summed E-state index contributed by atoms with van der Waals surface area (Å²) >= 11 is 0. The van der Waals surface area contributed by atoms with Crippen LogP contribution in [0.15, 0.2) is 33.8 Å². The lowest BCUT2D eigenvalue weighted by molar-refractivity contribution is 0.374. The molecule has 0 unspecified atom stereocenters. The summed E-state index contributed by atoms with van der Waals surface area (Å²) < 4.78 is 6.29. The van der Waals surface area contributed by atoms with Gasteiger partial charge in [0.1, 0.15) is 0 Å². The fourth-order valence-electron chi connectivity index (χ4n) is 1.69. The van der Waals surface area contributed by atoms with E-state index in [4.69, 9.17) is 4.52 Å². The van der Waals surface area contributed by atoms with Crippen LogP contribution in [-0.4, -0.2) is 14.7 Å². The van der Waals surface area contributed by atoms with Gasteiger partial charge in [-0.25, -0.2) is 4.79 Å². The quantitative estimate of drug-likeness (QED) is 0.742. The second kappa shape index (κ2) is 5.43. The van der Waals surface area contributed by atoms with Crippen LogP contribution in [0, 0.1) is 0 Å². The van der Waals surface area contributed by atoms with E-state index in [1.54, 1.807) is 17.0 Å². The molecule has 0 radical (unpaired) electrons. The van der Waals surface area contributed by atoms with Crippen LogP contribution in [0.25, 0.3) is 11.4 Å². The molecule has 0 aromatic carbocycles. The summed E-state index contributed by atoms with van der Waals surface area (Å²) in [7, 11) is 0. The highest BCUT2D eigenvalue weighted by atomic mass is 16.5. The first-order valence-corrected chi connectivity index (χ1v) is 5.80. The topological polar surface area (TPSA) is 60.9 Å². The van der Waals surface area contributed by atoms with Gasteiger partial charge in [-0.1, -0.05) is 24.9 Å². The molecule has 90 valence electrons. The third kappa shape index (κ3) is 2.61. The first kappa shape index (κ1) is 11.6. The van der Waals surface area contributed by atoms with Crippen molar-refractivity contribution in [3.05, 3.63) is 35.1 Å². The maximum Gasteiger partial charge on any atom is 0.441 e. The zero-order valence-electron chi connectivity index (χ0n) is 9.80. The molecule has 17 heavy (non-hydrogen) atoms. The van der Waals surface area contributed by atoms with Gasteiger partial charge in [0, 0.05) is 24.5 Å². The van der Waals surface area contributed by atoms with Gasteiger partial charge in [0.2, 0.25) is 0 Å². The number of nitrogens with zero attached hydrogens (tertiary/aromatic N) is 3. The maximum absolute atomic E-state index is 11.5. The Labute approximate surface area is 99.1 Å². The van der Waals surface area contributed by atoms with E-state index in [2.05, 4.69) is 17.1 Å². The lowest BCUT2D eigenvalue weighted by Crippen LogP contribution is -2.15. The molecule has 0 atom stereocenters. The van der Waals surface area contributed by atoms with Gasteiger partial charge in [0.15, 0.2) is 5.82 Å². The second-order valence-corrected chi connectivity index (χ2v) is 3.87. The molecule has 0 fully saturated rings. The van der Waals surface area contributed by atoms with Crippen molar-refractivity contribution < 1.29 is 4.52 Å². The lowest BCUT2D eigenvalue weighted by atomic mass is 10.2. The van der Waals surface area contributed by atoms with Crippen LogP contribution in [0.2, 0.25) is 0 Å². The molecule has 0 aliphatic rings. The highest BCUT2D eigenvalue weighted by Crippen LogP contribution is 2.14. The van der Waals surface area contributed by atoms with Crippen LogP contribution in [0.1, 0.15) is 26.2 Å². The van der Waals surface area contributed by atoms with Crippen LogP contribution >= 0.6 is 0 Å². The molecule has 0 N–H and O–H groups in total. The Hall–Kier alpha value is -1.91. The Morgan fingerprint density at radius 1 is 1.29 bits per heavy atom. The van der Waals surface area contributed by atoms with Crippen LogP contribution in [-0.2, 0) is 6.54 Å². The molecule has 0 amide bonds. The van der Waals surface area contributed by atoms with Crippen molar-refractivity contribution in [3.63, 3.8) is 0 Å². The highest BCUT2D eigenvalue weighted by molar-refractivity contribution is 5.53. The summed E-state index contributed by atoms with van der Waals surface area (Å²) in [5.74, 6) is 0.182. The van der Waals surface area contributed by atoms with E-state index < -0.39 is 5.76 Å². The van der Waals surface area contributed by atoms with Crippen LogP contribution in [0.4, 0.5) is 0 Å². The molecule has 0 saturated heterocycles. The summed E-state index contributed by atoms with van der Waals surface area (Å²) in [6.07, 6.45) is 6.50. The van der Waals surface area contributed by atoms with Gasteiger partial charge >= 0.3 is 5.76 Å². The van der Waals surface area contributed by atoms with Gasteiger partial charge < -0.3 is 0 Å². The van der Waals surface area contributed by atoms with Gasteiger partial charge in [0.05, 0.1) is 0 Å². The van der Waals surface area contributed by atoms with Gasteiger partial charge in [-0.05, 0) is 18.6 Å². The average Bonchev–Trinajstić information content (AvgIpc) is 2.73. The van der Waals surface area contributed by atoms with Crippen LogP contribution in [0.5, 0.6) is 0 Å². The number of rotatable bonds is 5. The monoisotopic (exact) mass is 233 g/mol. The van der Waals surface area contributed by atoms with Crippen LogP contribution < -0.4 is 5.76 Å². The van der Waals surface area contributed by atoms with Crippen molar-refractivity contribution in [1.29, 1.82) is 0 Å². The van der Waals surface area contributed by atoms with Crippen LogP contribution in [0.3, 0.4) is 0 Å². The molecule has 2 rings (SSSR count). The average molecular weight is 233 g/mol. The molecule has 0 saturated carbocycles. The molecule has 5 nitrogen and oxygen atoms in total. The number of unbranched alkanes of at least 4 members (excludes halogenated alkanes) is 2. The van der Waals surface area contributed by atoms with Crippen molar-refractivity contribution in [2.45, 2.75) is 32.7 Å². The number of pyridine rings is 1. The number of hydrogen-bond donors (Lipinski definition) is 0. The number of hydrogen-bond acceptors (Lipinski definition) is 4. The zero-order valence-corrected chi connectivity index (χ0v) is 9.80. The predicted octanol–water partition coefficient (Wildman–Crippen LogP) is 2.09. The molecule has 0 bridgehead atoms. The van der Waals surface area contributed by atoms with Gasteiger partial charge in [0.25, 0.3) is 0 Å². The zero-order chi connectivity index (χ0) is 12.1. The highest BCUT2D eigenvalue weighted by Gasteiger charge is 2.11. The van der Waals surface area contributed by atoms with Crippen molar-refractivity contribution in [2.75, 3.05) is 0 Å². The molecule has 0 aliphatic heterocycles. The Morgan fingerprint density at radius 2 is 2.06 bits per heavy atom. The smallest absolute Gasteiger partial charge is 0.295 e. The van der Waals surface area contributed by atoms with Crippen molar-refractivity contribution in [1.82, 2.24) is 14.7 Å². The van der Waals surface area contributed by atoms with Crippen molar-refractivity contribution >= 4 is 0 Å². The molecule has 0 spiro atoms. The summed E-state index contributed by atoms with van der Waals surface area (Å²) in [5, 5.41) is 3.81. The Bertz CT molecular complexity index is 516. The number of aromatic nitrogens is 3. The molecule has 5 heteroatoms. The SMILES string of the molecule is CCCCCn1c(-c2ccncc2)noc1=O. The fourth-order valence-corrected chi connectivity index (χ4v) is 1.69. The minimum absolute atomic E-state index is 0.395. The van der Waals surface area contributed by atoms with E-state index in [0.717, 1.165) is 24.8 Å². The molecule has 2 aromatic rings. The Balaban J connectivity index is 2.26. The van der Waals surface area contributed by atoms with E-state index >= 15 is 0 Å². The summed E-state index contributed by atoms with van der Waals surface area (Å²) in [6.45, 7) is 2.77. The van der Waals surface area contributed by atoms with E-state index in [-0.39, 0.29) is 0 Å². The first-order chi connectivity index (χ1) is 8.33. The molecular formula is C12H15N3O2. The predicted molar refractivity (Wildman–Crippen MR) is 63.5 cm³/mol. The van der Waals surface area contributed by atoms with Crippen molar-refractivity contribution in [3.8, 4) is 11.4 Å². The summed E-state index contributed by atoms with van der Waals surface area (Å²) in [5.41, 5.74) is 0.849. The molecular weight excluding hydrogens is 218 g/mol. The summed E-state index contributed by atoms with van der Waals surface area (Å²) in [6, 6.07) is 3.63. The van der Waals surface area contributed by atoms with Gasteiger partial charge in [-0.2, -0.15) is 0 Å². The largest absolute Gasteiger partial charge is 0.441 e. The van der Waals surface area contributed by atoms with Crippen molar-refractivity contribution in [2.24, 2.45) is 0 Å². The minimum Gasteiger partial charge on any atom is -0.295 e. The Morgan fingerprint density at radius 3 is 2.76 bits per heavy atom. The first-order valence-electron chi connectivity index (χ1n) is 5.80. The van der Waals surface area contributed by atoms with E-state index in [1.165, 1.54) is 0 Å². The van der Waals surface area contributed by atoms with E-state index in [9.17, 15) is 4.79 Å². The van der Waals surface area contributed by atoms with Gasteiger partial charge in [-0.3, -0.25) is 14.1 Å².